The van der Waals surface area contributed by atoms with E-state index < -0.39 is 11.7 Å². The quantitative estimate of drug-likeness (QED) is 0.309. The molecule has 1 aromatic heterocycles. The van der Waals surface area contributed by atoms with Crippen LogP contribution in [0.5, 0.6) is 0 Å². The molecule has 0 spiro atoms. The van der Waals surface area contributed by atoms with E-state index in [1.807, 2.05) is 42.6 Å². The average Bonchev–Trinajstić information content (AvgIpc) is 2.92. The van der Waals surface area contributed by atoms with E-state index in [-0.39, 0.29) is 5.91 Å². The van der Waals surface area contributed by atoms with Gasteiger partial charge in [0.1, 0.15) is 0 Å². The third-order valence-electron chi connectivity index (χ3n) is 6.61. The van der Waals surface area contributed by atoms with Gasteiger partial charge < -0.3 is 10.2 Å². The first-order chi connectivity index (χ1) is 17.9. The third-order valence-corrected chi connectivity index (χ3v) is 6.61. The number of hydrogen-bond acceptors (Lipinski definition) is 3. The highest BCUT2D eigenvalue weighted by Gasteiger charge is 2.30. The Balaban J connectivity index is 1.32. The Morgan fingerprint density at radius 1 is 0.946 bits per heavy atom. The molecule has 3 aromatic carbocycles. The van der Waals surface area contributed by atoms with Gasteiger partial charge in [0.15, 0.2) is 0 Å². The standard InChI is InChI=1S/C30H26F3N3O/c31-30(32,33)23-12-10-21(11-13-23)26-8-1-2-9-27(26)29(37)35-25-14-15-28-22(20-25)6-5-18-36(28)19-16-24-7-3-4-17-34-24/h1-4,7-15,17,20H,5-6,16,18-19H2,(H,35,37). The van der Waals surface area contributed by atoms with Crippen molar-refractivity contribution in [3.8, 4) is 11.1 Å². The maximum Gasteiger partial charge on any atom is 0.416 e. The summed E-state index contributed by atoms with van der Waals surface area (Å²) in [5, 5.41) is 2.98. The number of anilines is 2. The summed E-state index contributed by atoms with van der Waals surface area (Å²) in [7, 11) is 0. The fourth-order valence-electron chi connectivity index (χ4n) is 4.75. The molecule has 0 saturated heterocycles. The number of carbonyl (C=O) groups is 1. The van der Waals surface area contributed by atoms with Gasteiger partial charge in [-0.05, 0) is 78.1 Å². The van der Waals surface area contributed by atoms with Crippen molar-refractivity contribution in [3.63, 3.8) is 0 Å². The SMILES string of the molecule is O=C(Nc1ccc2c(c1)CCCN2CCc1ccccn1)c1ccccc1-c1ccc(C(F)(F)F)cc1. The molecule has 0 fully saturated rings. The predicted octanol–water partition coefficient (Wildman–Crippen LogP) is 7.02. The van der Waals surface area contributed by atoms with Gasteiger partial charge in [-0.25, -0.2) is 0 Å². The molecule has 2 heterocycles. The second kappa shape index (κ2) is 10.5. The molecular formula is C30H26F3N3O. The number of amides is 1. The van der Waals surface area contributed by atoms with Crippen LogP contribution < -0.4 is 10.2 Å². The van der Waals surface area contributed by atoms with Gasteiger partial charge in [0.25, 0.3) is 5.91 Å². The summed E-state index contributed by atoms with van der Waals surface area (Å²) in [6, 6.07) is 23.7. The Kier molecular flexibility index (Phi) is 6.95. The second-order valence-corrected chi connectivity index (χ2v) is 9.08. The molecule has 37 heavy (non-hydrogen) atoms. The van der Waals surface area contributed by atoms with Crippen LogP contribution in [-0.2, 0) is 19.0 Å². The summed E-state index contributed by atoms with van der Waals surface area (Å²) in [4.78, 5) is 20.0. The Labute approximate surface area is 213 Å². The van der Waals surface area contributed by atoms with E-state index in [9.17, 15) is 18.0 Å². The zero-order valence-corrected chi connectivity index (χ0v) is 20.1. The number of benzene rings is 3. The number of rotatable bonds is 6. The maximum absolute atomic E-state index is 13.2. The van der Waals surface area contributed by atoms with Crippen molar-refractivity contribution in [2.45, 2.75) is 25.4 Å². The van der Waals surface area contributed by atoms with E-state index in [0.717, 1.165) is 50.2 Å². The number of alkyl halides is 3. The summed E-state index contributed by atoms with van der Waals surface area (Å²) in [5.41, 5.74) is 4.91. The van der Waals surface area contributed by atoms with E-state index in [0.29, 0.717) is 22.4 Å². The molecule has 1 aliphatic heterocycles. The van der Waals surface area contributed by atoms with Crippen LogP contribution in [0.4, 0.5) is 24.5 Å². The Morgan fingerprint density at radius 2 is 1.73 bits per heavy atom. The summed E-state index contributed by atoms with van der Waals surface area (Å²) < 4.78 is 38.9. The van der Waals surface area contributed by atoms with Crippen molar-refractivity contribution in [2.75, 3.05) is 23.3 Å². The second-order valence-electron chi connectivity index (χ2n) is 9.08. The fraction of sp³-hybridized carbons (Fsp3) is 0.200. The maximum atomic E-state index is 13.2. The minimum Gasteiger partial charge on any atom is -0.371 e. The first-order valence-electron chi connectivity index (χ1n) is 12.2. The lowest BCUT2D eigenvalue weighted by molar-refractivity contribution is -0.137. The molecule has 1 N–H and O–H groups in total. The van der Waals surface area contributed by atoms with Crippen molar-refractivity contribution < 1.29 is 18.0 Å². The topological polar surface area (TPSA) is 45.2 Å². The Morgan fingerprint density at radius 3 is 2.49 bits per heavy atom. The molecule has 0 radical (unpaired) electrons. The van der Waals surface area contributed by atoms with Gasteiger partial charge >= 0.3 is 6.18 Å². The van der Waals surface area contributed by atoms with Crippen LogP contribution >= 0.6 is 0 Å². The summed E-state index contributed by atoms with van der Waals surface area (Å²) in [5.74, 6) is -0.307. The van der Waals surface area contributed by atoms with Crippen LogP contribution in [0.3, 0.4) is 0 Å². The molecule has 5 rings (SSSR count). The molecule has 1 amide bonds. The van der Waals surface area contributed by atoms with Crippen molar-refractivity contribution >= 4 is 17.3 Å². The molecule has 188 valence electrons. The highest BCUT2D eigenvalue weighted by Crippen LogP contribution is 2.33. The van der Waals surface area contributed by atoms with Gasteiger partial charge in [-0.3, -0.25) is 9.78 Å². The predicted molar refractivity (Wildman–Crippen MR) is 140 cm³/mol. The minimum atomic E-state index is -4.41. The van der Waals surface area contributed by atoms with Gasteiger partial charge in [0, 0.05) is 48.3 Å². The summed E-state index contributed by atoms with van der Waals surface area (Å²) >= 11 is 0. The largest absolute Gasteiger partial charge is 0.416 e. The number of fused-ring (bicyclic) bond motifs is 1. The number of aromatic nitrogens is 1. The van der Waals surface area contributed by atoms with E-state index in [1.165, 1.54) is 23.4 Å². The van der Waals surface area contributed by atoms with Crippen LogP contribution in [0.25, 0.3) is 11.1 Å². The van der Waals surface area contributed by atoms with Crippen molar-refractivity contribution in [1.29, 1.82) is 0 Å². The van der Waals surface area contributed by atoms with E-state index in [4.69, 9.17) is 0 Å². The normalized spacial score (nSPS) is 13.2. The minimum absolute atomic E-state index is 0.307. The molecule has 7 heteroatoms. The van der Waals surface area contributed by atoms with Crippen molar-refractivity contribution in [2.24, 2.45) is 0 Å². The Bertz CT molecular complexity index is 1390. The molecule has 0 unspecified atom stereocenters. The number of aryl methyl sites for hydroxylation is 1. The summed E-state index contributed by atoms with van der Waals surface area (Å²) in [6.45, 7) is 1.85. The molecule has 4 nitrogen and oxygen atoms in total. The smallest absolute Gasteiger partial charge is 0.371 e. The number of halogens is 3. The fourth-order valence-corrected chi connectivity index (χ4v) is 4.75. The molecule has 0 aliphatic carbocycles. The molecule has 1 aliphatic rings. The third kappa shape index (κ3) is 5.66. The van der Waals surface area contributed by atoms with Crippen LogP contribution in [-0.4, -0.2) is 24.0 Å². The highest BCUT2D eigenvalue weighted by atomic mass is 19.4. The van der Waals surface area contributed by atoms with Crippen LogP contribution in [0.2, 0.25) is 0 Å². The lowest BCUT2D eigenvalue weighted by Crippen LogP contribution is -2.31. The van der Waals surface area contributed by atoms with Crippen LogP contribution in [0, 0.1) is 0 Å². The van der Waals surface area contributed by atoms with Crippen molar-refractivity contribution in [3.05, 3.63) is 114 Å². The first-order valence-corrected chi connectivity index (χ1v) is 12.2. The summed E-state index contributed by atoms with van der Waals surface area (Å²) in [6.07, 6.45) is 0.226. The monoisotopic (exact) mass is 501 g/mol. The Hall–Kier alpha value is -4.13. The molecule has 0 saturated carbocycles. The number of pyridine rings is 1. The lowest BCUT2D eigenvalue weighted by atomic mass is 9.97. The van der Waals surface area contributed by atoms with Crippen LogP contribution in [0.15, 0.2) is 91.1 Å². The zero-order valence-electron chi connectivity index (χ0n) is 20.1. The molecule has 0 atom stereocenters. The van der Waals surface area contributed by atoms with Gasteiger partial charge in [0.2, 0.25) is 0 Å². The van der Waals surface area contributed by atoms with E-state index in [1.54, 1.807) is 24.3 Å². The van der Waals surface area contributed by atoms with E-state index in [2.05, 4.69) is 15.2 Å². The average molecular weight is 502 g/mol. The lowest BCUT2D eigenvalue weighted by Gasteiger charge is -2.31. The van der Waals surface area contributed by atoms with E-state index >= 15 is 0 Å². The number of carbonyl (C=O) groups excluding carboxylic acids is 1. The molecule has 4 aromatic rings. The number of nitrogens with zero attached hydrogens (tertiary/aromatic N) is 2. The number of nitrogens with one attached hydrogen (secondary N) is 1. The van der Waals surface area contributed by atoms with Gasteiger partial charge in [-0.1, -0.05) is 36.4 Å². The van der Waals surface area contributed by atoms with Gasteiger partial charge in [0.05, 0.1) is 5.56 Å². The first kappa shape index (κ1) is 24.6. The van der Waals surface area contributed by atoms with Gasteiger partial charge in [-0.15, -0.1) is 0 Å². The molecular weight excluding hydrogens is 475 g/mol. The van der Waals surface area contributed by atoms with Gasteiger partial charge in [-0.2, -0.15) is 13.2 Å². The molecule has 0 bridgehead atoms. The zero-order chi connectivity index (χ0) is 25.8. The van der Waals surface area contributed by atoms with Crippen LogP contribution in [0.1, 0.15) is 33.6 Å². The van der Waals surface area contributed by atoms with Crippen molar-refractivity contribution in [1.82, 2.24) is 4.98 Å². The highest BCUT2D eigenvalue weighted by molar-refractivity contribution is 6.08. The number of hydrogen-bond donors (Lipinski definition) is 1.